The summed E-state index contributed by atoms with van der Waals surface area (Å²) in [5.74, 6) is 0.306. The largest absolute Gasteiger partial charge is 0.399 e. The highest BCUT2D eigenvalue weighted by Gasteiger charge is 2.36. The van der Waals surface area contributed by atoms with Gasteiger partial charge < -0.3 is 21.3 Å². The van der Waals surface area contributed by atoms with Gasteiger partial charge in [-0.05, 0) is 35.4 Å². The first-order valence-corrected chi connectivity index (χ1v) is 10.9. The Balaban J connectivity index is 1.36. The molecule has 0 unspecified atom stereocenters. The number of carbonyl (C=O) groups excluding carboxylic acids is 1. The van der Waals surface area contributed by atoms with Crippen molar-refractivity contribution in [3.8, 4) is 0 Å². The minimum atomic E-state index is 0.0802. The predicted octanol–water partition coefficient (Wildman–Crippen LogP) is 4.10. The number of rotatable bonds is 6. The number of nitrogen functional groups attached to an aromatic ring is 2. The van der Waals surface area contributed by atoms with Gasteiger partial charge in [-0.15, -0.1) is 0 Å². The molecule has 0 amide bonds. The number of nitrogens with two attached hydrogens (primary N) is 2. The van der Waals surface area contributed by atoms with Crippen molar-refractivity contribution < 1.29 is 4.79 Å². The topological polar surface area (TPSA) is 75.6 Å². The van der Waals surface area contributed by atoms with Crippen LogP contribution >= 0.6 is 0 Å². The van der Waals surface area contributed by atoms with Crippen molar-refractivity contribution in [1.29, 1.82) is 0 Å². The molecule has 0 radical (unpaired) electrons. The number of fused-ring (bicyclic) bond motifs is 2. The molecule has 5 heteroatoms. The number of nitrogens with zero attached hydrogens (tertiary/aromatic N) is 2. The maximum atomic E-state index is 12.7. The van der Waals surface area contributed by atoms with Gasteiger partial charge in [0, 0.05) is 72.6 Å². The van der Waals surface area contributed by atoms with Gasteiger partial charge in [0.1, 0.15) is 5.78 Å². The summed E-state index contributed by atoms with van der Waals surface area (Å²) in [6.45, 7) is 12.3. The molecule has 0 fully saturated rings. The van der Waals surface area contributed by atoms with Gasteiger partial charge in [0.2, 0.25) is 0 Å². The van der Waals surface area contributed by atoms with Gasteiger partial charge >= 0.3 is 0 Å². The summed E-state index contributed by atoms with van der Waals surface area (Å²) in [5.41, 5.74) is 18.7. The summed E-state index contributed by atoms with van der Waals surface area (Å²) in [6, 6.07) is 12.3. The zero-order chi connectivity index (χ0) is 21.7. The minimum absolute atomic E-state index is 0.0802. The fourth-order valence-corrected chi connectivity index (χ4v) is 5.10. The highest BCUT2D eigenvalue weighted by atomic mass is 16.1. The predicted molar refractivity (Wildman–Crippen MR) is 126 cm³/mol. The average Bonchev–Trinajstić information content (AvgIpc) is 3.07. The van der Waals surface area contributed by atoms with Crippen LogP contribution in [0.15, 0.2) is 36.4 Å². The molecule has 2 aliphatic rings. The molecule has 0 bridgehead atoms. The summed E-state index contributed by atoms with van der Waals surface area (Å²) in [4.78, 5) is 17.4. The second-order valence-electron chi connectivity index (χ2n) is 10.2. The quantitative estimate of drug-likeness (QED) is 0.707. The normalized spacial score (nSPS) is 18.4. The molecule has 0 atom stereocenters. The fraction of sp³-hybridized carbons (Fsp3) is 0.480. The van der Waals surface area contributed by atoms with Crippen LogP contribution in [0.3, 0.4) is 0 Å². The van der Waals surface area contributed by atoms with E-state index in [0.717, 1.165) is 37.6 Å². The fourth-order valence-electron chi connectivity index (χ4n) is 5.10. The summed E-state index contributed by atoms with van der Waals surface area (Å²) in [5, 5.41) is 0. The first-order valence-electron chi connectivity index (χ1n) is 10.9. The molecule has 160 valence electrons. The highest BCUT2D eigenvalue weighted by molar-refractivity contribution is 5.80. The zero-order valence-electron chi connectivity index (χ0n) is 18.7. The molecular weight excluding hydrogens is 372 g/mol. The van der Waals surface area contributed by atoms with Gasteiger partial charge in [0.05, 0.1) is 0 Å². The maximum Gasteiger partial charge on any atom is 0.136 e. The SMILES string of the molecule is CC1(C)CN(CCC(=O)CCN2CC(C)(C)c3ccc(N)cc32)c2cc(N)ccc21. The molecule has 0 saturated carbocycles. The molecule has 4 rings (SSSR count). The Hall–Kier alpha value is -2.69. The van der Waals surface area contributed by atoms with E-state index in [2.05, 4.69) is 49.6 Å². The lowest BCUT2D eigenvalue weighted by molar-refractivity contribution is -0.118. The van der Waals surface area contributed by atoms with Crippen molar-refractivity contribution in [3.05, 3.63) is 47.5 Å². The van der Waals surface area contributed by atoms with Gasteiger partial charge in [-0.1, -0.05) is 39.8 Å². The molecule has 0 aliphatic carbocycles. The van der Waals surface area contributed by atoms with Crippen LogP contribution in [-0.2, 0) is 15.6 Å². The van der Waals surface area contributed by atoms with Gasteiger partial charge in [0.15, 0.2) is 0 Å². The van der Waals surface area contributed by atoms with Crippen molar-refractivity contribution in [2.24, 2.45) is 0 Å². The molecule has 2 aromatic rings. The van der Waals surface area contributed by atoms with E-state index in [1.807, 2.05) is 24.3 Å². The van der Waals surface area contributed by atoms with Crippen LogP contribution in [0.5, 0.6) is 0 Å². The number of carbonyl (C=O) groups is 1. The molecule has 4 N–H and O–H groups in total. The summed E-state index contributed by atoms with van der Waals surface area (Å²) < 4.78 is 0. The van der Waals surface area contributed by atoms with Gasteiger partial charge in [-0.2, -0.15) is 0 Å². The number of hydrogen-bond donors (Lipinski definition) is 2. The van der Waals surface area contributed by atoms with E-state index in [9.17, 15) is 4.79 Å². The van der Waals surface area contributed by atoms with E-state index < -0.39 is 0 Å². The van der Waals surface area contributed by atoms with Crippen LogP contribution in [-0.4, -0.2) is 32.0 Å². The monoisotopic (exact) mass is 406 g/mol. The van der Waals surface area contributed by atoms with Crippen LogP contribution in [0.1, 0.15) is 51.7 Å². The molecule has 0 spiro atoms. The van der Waals surface area contributed by atoms with Crippen LogP contribution in [0.25, 0.3) is 0 Å². The first kappa shape index (κ1) is 20.6. The lowest BCUT2D eigenvalue weighted by Crippen LogP contribution is -2.32. The second-order valence-corrected chi connectivity index (χ2v) is 10.2. The molecule has 0 aromatic heterocycles. The zero-order valence-corrected chi connectivity index (χ0v) is 18.7. The van der Waals surface area contributed by atoms with Crippen molar-refractivity contribution in [2.45, 2.75) is 51.4 Å². The smallest absolute Gasteiger partial charge is 0.136 e. The summed E-state index contributed by atoms with van der Waals surface area (Å²) in [7, 11) is 0. The average molecular weight is 407 g/mol. The Morgan fingerprint density at radius 1 is 0.800 bits per heavy atom. The molecule has 5 nitrogen and oxygen atoms in total. The van der Waals surface area contributed by atoms with Gasteiger partial charge in [-0.25, -0.2) is 0 Å². The van der Waals surface area contributed by atoms with Crippen molar-refractivity contribution in [2.75, 3.05) is 47.4 Å². The minimum Gasteiger partial charge on any atom is -0.399 e. The van der Waals surface area contributed by atoms with Crippen molar-refractivity contribution in [3.63, 3.8) is 0 Å². The Kier molecular flexibility index (Phi) is 4.95. The Morgan fingerprint density at radius 2 is 1.20 bits per heavy atom. The van der Waals surface area contributed by atoms with Crippen LogP contribution in [0.4, 0.5) is 22.7 Å². The van der Waals surface area contributed by atoms with E-state index in [0.29, 0.717) is 18.6 Å². The van der Waals surface area contributed by atoms with Gasteiger partial charge in [0.25, 0.3) is 0 Å². The highest BCUT2D eigenvalue weighted by Crippen LogP contribution is 2.42. The van der Waals surface area contributed by atoms with E-state index in [-0.39, 0.29) is 10.8 Å². The number of ketones is 1. The van der Waals surface area contributed by atoms with Crippen LogP contribution in [0.2, 0.25) is 0 Å². The molecule has 2 aliphatic heterocycles. The Bertz CT molecular complexity index is 902. The lowest BCUT2D eigenvalue weighted by atomic mass is 9.87. The number of anilines is 4. The van der Waals surface area contributed by atoms with E-state index >= 15 is 0 Å². The Labute approximate surface area is 180 Å². The van der Waals surface area contributed by atoms with Crippen LogP contribution in [0, 0.1) is 0 Å². The van der Waals surface area contributed by atoms with Crippen LogP contribution < -0.4 is 21.3 Å². The maximum absolute atomic E-state index is 12.7. The molecule has 2 heterocycles. The van der Waals surface area contributed by atoms with E-state index in [1.165, 1.54) is 22.5 Å². The number of hydrogen-bond acceptors (Lipinski definition) is 5. The molecule has 0 saturated heterocycles. The van der Waals surface area contributed by atoms with Gasteiger partial charge in [-0.3, -0.25) is 4.79 Å². The van der Waals surface area contributed by atoms with E-state index in [4.69, 9.17) is 11.5 Å². The molecule has 30 heavy (non-hydrogen) atoms. The molecular formula is C25H34N4O. The molecule has 2 aromatic carbocycles. The third-order valence-electron chi connectivity index (χ3n) is 6.68. The third kappa shape index (κ3) is 3.73. The lowest BCUT2D eigenvalue weighted by Gasteiger charge is -2.23. The van der Waals surface area contributed by atoms with Crippen molar-refractivity contribution >= 4 is 28.5 Å². The summed E-state index contributed by atoms with van der Waals surface area (Å²) in [6.07, 6.45) is 1.12. The first-order chi connectivity index (χ1) is 14.1. The number of Topliss-reactive ketones (excluding diaryl/α,β-unsaturated/α-hetero) is 1. The standard InChI is InChI=1S/C25H34N4O/c1-24(2)15-28(22-13-17(26)5-7-20(22)24)11-9-19(30)10-12-29-16-25(3,4)21-8-6-18(27)14-23(21)29/h5-8,13-14H,9-12,15-16,26-27H2,1-4H3. The van der Waals surface area contributed by atoms with E-state index in [1.54, 1.807) is 0 Å². The number of benzene rings is 2. The second kappa shape index (κ2) is 7.22. The summed E-state index contributed by atoms with van der Waals surface area (Å²) >= 11 is 0. The third-order valence-corrected chi connectivity index (χ3v) is 6.68. The Morgan fingerprint density at radius 3 is 1.60 bits per heavy atom. The van der Waals surface area contributed by atoms with Crippen molar-refractivity contribution in [1.82, 2.24) is 0 Å².